The second kappa shape index (κ2) is 7.27. The lowest BCUT2D eigenvalue weighted by Crippen LogP contribution is -2.39. The number of hydrogen-bond donors (Lipinski definition) is 2. The van der Waals surface area contributed by atoms with Gasteiger partial charge in [-0.05, 0) is 43.1 Å². The fourth-order valence-corrected chi connectivity index (χ4v) is 3.09. The molecule has 2 aromatic carbocycles. The highest BCUT2D eigenvalue weighted by molar-refractivity contribution is 5.96. The summed E-state index contributed by atoms with van der Waals surface area (Å²) < 4.78 is 0. The molecule has 24 heavy (non-hydrogen) atoms. The average molecular weight is 324 g/mol. The molecule has 0 aromatic heterocycles. The van der Waals surface area contributed by atoms with E-state index < -0.39 is 5.97 Å². The van der Waals surface area contributed by atoms with Gasteiger partial charge in [0.25, 0.3) is 0 Å². The topological polar surface area (TPSA) is 69.6 Å². The van der Waals surface area contributed by atoms with Gasteiger partial charge in [0.15, 0.2) is 0 Å². The first-order chi connectivity index (χ1) is 11.6. The number of carbonyl (C=O) groups is 2. The average Bonchev–Trinajstić information content (AvgIpc) is 3.04. The molecule has 1 aliphatic heterocycles. The number of amides is 1. The molecular weight excluding hydrogens is 304 g/mol. The van der Waals surface area contributed by atoms with Crippen molar-refractivity contribution in [2.75, 3.05) is 11.9 Å². The smallest absolute Gasteiger partial charge is 0.335 e. The summed E-state index contributed by atoms with van der Waals surface area (Å²) in [5, 5.41) is 11.9. The van der Waals surface area contributed by atoms with Crippen LogP contribution in [0.25, 0.3) is 0 Å². The Balaban J connectivity index is 1.67. The van der Waals surface area contributed by atoms with E-state index >= 15 is 0 Å². The predicted molar refractivity (Wildman–Crippen MR) is 91.9 cm³/mol. The molecule has 1 atom stereocenters. The second-order valence-electron chi connectivity index (χ2n) is 5.99. The maximum Gasteiger partial charge on any atom is 0.335 e. The Kier molecular flexibility index (Phi) is 4.91. The SMILES string of the molecule is O=C(O)c1cccc(NC(=O)C2CCCN2Cc2ccccc2)c1. The first kappa shape index (κ1) is 16.2. The number of likely N-dealkylation sites (tertiary alicyclic amines) is 1. The van der Waals surface area contributed by atoms with Gasteiger partial charge >= 0.3 is 5.97 Å². The van der Waals surface area contributed by atoms with Crippen LogP contribution in [0.2, 0.25) is 0 Å². The van der Waals surface area contributed by atoms with Crippen LogP contribution in [-0.2, 0) is 11.3 Å². The predicted octanol–water partition coefficient (Wildman–Crippen LogP) is 2.99. The standard InChI is InChI=1S/C19H20N2O3/c22-18(20-16-9-4-8-15(12-16)19(23)24)17-10-5-11-21(17)13-14-6-2-1-3-7-14/h1-4,6-9,12,17H,5,10-11,13H2,(H,20,22)(H,23,24). The van der Waals surface area contributed by atoms with E-state index in [4.69, 9.17) is 5.11 Å². The molecule has 1 aliphatic rings. The number of rotatable bonds is 5. The maximum atomic E-state index is 12.6. The Hall–Kier alpha value is -2.66. The molecule has 5 heteroatoms. The Labute approximate surface area is 140 Å². The second-order valence-corrected chi connectivity index (χ2v) is 5.99. The van der Waals surface area contributed by atoms with Gasteiger partial charge < -0.3 is 10.4 Å². The fraction of sp³-hybridized carbons (Fsp3) is 0.263. The zero-order valence-electron chi connectivity index (χ0n) is 13.3. The highest BCUT2D eigenvalue weighted by atomic mass is 16.4. The summed E-state index contributed by atoms with van der Waals surface area (Å²) in [5.41, 5.74) is 1.87. The minimum atomic E-state index is -1.00. The molecule has 5 nitrogen and oxygen atoms in total. The van der Waals surface area contributed by atoms with Crippen molar-refractivity contribution in [2.45, 2.75) is 25.4 Å². The van der Waals surface area contributed by atoms with Gasteiger partial charge in [0.1, 0.15) is 0 Å². The molecule has 0 spiro atoms. The van der Waals surface area contributed by atoms with Gasteiger partial charge in [-0.25, -0.2) is 4.79 Å². The number of nitrogens with one attached hydrogen (secondary N) is 1. The van der Waals surface area contributed by atoms with Crippen LogP contribution in [0.3, 0.4) is 0 Å². The summed E-state index contributed by atoms with van der Waals surface area (Å²) in [7, 11) is 0. The van der Waals surface area contributed by atoms with E-state index in [9.17, 15) is 9.59 Å². The van der Waals surface area contributed by atoms with E-state index in [1.807, 2.05) is 18.2 Å². The van der Waals surface area contributed by atoms with Crippen molar-refractivity contribution in [3.8, 4) is 0 Å². The molecule has 1 amide bonds. The number of anilines is 1. The molecule has 0 aliphatic carbocycles. The summed E-state index contributed by atoms with van der Waals surface area (Å²) in [4.78, 5) is 25.8. The van der Waals surface area contributed by atoms with Crippen molar-refractivity contribution in [3.63, 3.8) is 0 Å². The van der Waals surface area contributed by atoms with Gasteiger partial charge in [0.05, 0.1) is 11.6 Å². The van der Waals surface area contributed by atoms with Crippen molar-refractivity contribution < 1.29 is 14.7 Å². The first-order valence-electron chi connectivity index (χ1n) is 8.06. The van der Waals surface area contributed by atoms with Crippen LogP contribution in [0.1, 0.15) is 28.8 Å². The molecule has 2 N–H and O–H groups in total. The number of carboxylic acid groups (broad SMARTS) is 1. The molecule has 0 bridgehead atoms. The third-order valence-electron chi connectivity index (χ3n) is 4.27. The highest BCUT2D eigenvalue weighted by Crippen LogP contribution is 2.22. The monoisotopic (exact) mass is 324 g/mol. The summed E-state index contributed by atoms with van der Waals surface area (Å²) >= 11 is 0. The maximum absolute atomic E-state index is 12.6. The van der Waals surface area contributed by atoms with E-state index in [0.29, 0.717) is 5.69 Å². The van der Waals surface area contributed by atoms with E-state index in [0.717, 1.165) is 25.9 Å². The Morgan fingerprint density at radius 3 is 2.67 bits per heavy atom. The van der Waals surface area contributed by atoms with Gasteiger partial charge in [-0.2, -0.15) is 0 Å². The van der Waals surface area contributed by atoms with Crippen LogP contribution < -0.4 is 5.32 Å². The zero-order chi connectivity index (χ0) is 16.9. The minimum Gasteiger partial charge on any atom is -0.478 e. The minimum absolute atomic E-state index is 0.0778. The molecule has 1 heterocycles. The van der Waals surface area contributed by atoms with E-state index in [2.05, 4.69) is 22.3 Å². The normalized spacial score (nSPS) is 17.6. The van der Waals surface area contributed by atoms with Crippen molar-refractivity contribution in [3.05, 3.63) is 65.7 Å². The van der Waals surface area contributed by atoms with E-state index in [-0.39, 0.29) is 17.5 Å². The van der Waals surface area contributed by atoms with Crippen molar-refractivity contribution in [2.24, 2.45) is 0 Å². The molecule has 124 valence electrons. The largest absolute Gasteiger partial charge is 0.478 e. The molecule has 1 fully saturated rings. The molecule has 2 aromatic rings. The van der Waals surface area contributed by atoms with Gasteiger partial charge in [-0.1, -0.05) is 36.4 Å². The van der Waals surface area contributed by atoms with Crippen LogP contribution in [0.4, 0.5) is 5.69 Å². The number of nitrogens with zero attached hydrogens (tertiary/aromatic N) is 1. The number of carboxylic acids is 1. The highest BCUT2D eigenvalue weighted by Gasteiger charge is 2.30. The molecule has 1 saturated heterocycles. The quantitative estimate of drug-likeness (QED) is 0.887. The van der Waals surface area contributed by atoms with Crippen LogP contribution in [0, 0.1) is 0 Å². The summed E-state index contributed by atoms with van der Waals surface area (Å²) in [6, 6.07) is 16.2. The van der Waals surface area contributed by atoms with E-state index in [1.54, 1.807) is 12.1 Å². The molecule has 0 radical (unpaired) electrons. The van der Waals surface area contributed by atoms with Crippen molar-refractivity contribution in [1.29, 1.82) is 0 Å². The van der Waals surface area contributed by atoms with Gasteiger partial charge in [-0.3, -0.25) is 9.69 Å². The molecule has 0 saturated carbocycles. The third-order valence-corrected chi connectivity index (χ3v) is 4.27. The van der Waals surface area contributed by atoms with Crippen LogP contribution >= 0.6 is 0 Å². The van der Waals surface area contributed by atoms with E-state index in [1.165, 1.54) is 17.7 Å². The number of aromatic carboxylic acids is 1. The van der Waals surface area contributed by atoms with Gasteiger partial charge in [-0.15, -0.1) is 0 Å². The third kappa shape index (κ3) is 3.81. The van der Waals surface area contributed by atoms with Gasteiger partial charge in [0.2, 0.25) is 5.91 Å². The van der Waals surface area contributed by atoms with Crippen molar-refractivity contribution >= 4 is 17.6 Å². The lowest BCUT2D eigenvalue weighted by molar-refractivity contribution is -0.120. The van der Waals surface area contributed by atoms with Crippen molar-refractivity contribution in [1.82, 2.24) is 4.90 Å². The fourth-order valence-electron chi connectivity index (χ4n) is 3.09. The molecule has 1 unspecified atom stereocenters. The number of benzene rings is 2. The first-order valence-corrected chi connectivity index (χ1v) is 8.06. The summed E-state index contributed by atoms with van der Waals surface area (Å²) in [6.45, 7) is 1.64. The zero-order valence-corrected chi connectivity index (χ0v) is 13.3. The molecular formula is C19H20N2O3. The molecule has 3 rings (SSSR count). The van der Waals surface area contributed by atoms with Crippen LogP contribution in [0.15, 0.2) is 54.6 Å². The Morgan fingerprint density at radius 1 is 1.12 bits per heavy atom. The lowest BCUT2D eigenvalue weighted by atomic mass is 10.1. The van der Waals surface area contributed by atoms with Gasteiger partial charge in [0, 0.05) is 12.2 Å². The number of carbonyl (C=O) groups excluding carboxylic acids is 1. The number of hydrogen-bond acceptors (Lipinski definition) is 3. The summed E-state index contributed by atoms with van der Waals surface area (Å²) in [5.74, 6) is -1.08. The lowest BCUT2D eigenvalue weighted by Gasteiger charge is -2.23. The Bertz CT molecular complexity index is 730. The summed E-state index contributed by atoms with van der Waals surface area (Å²) in [6.07, 6.45) is 1.80. The van der Waals surface area contributed by atoms with Crippen LogP contribution in [0.5, 0.6) is 0 Å². The van der Waals surface area contributed by atoms with Crippen LogP contribution in [-0.4, -0.2) is 34.5 Å². The Morgan fingerprint density at radius 2 is 1.92 bits per heavy atom.